The highest BCUT2D eigenvalue weighted by Crippen LogP contribution is 2.26. The fraction of sp³-hybridized carbons (Fsp3) is 0.588. The number of nitrogens with two attached hydrogens (primary N) is 1. The maximum atomic E-state index is 12.4. The average Bonchev–Trinajstić information content (AvgIpc) is 2.49. The van der Waals surface area contributed by atoms with Gasteiger partial charge in [0, 0.05) is 0 Å². The van der Waals surface area contributed by atoms with Crippen molar-refractivity contribution in [1.82, 2.24) is 4.90 Å². The molecular weight excluding hydrogens is 262 g/mol. The lowest BCUT2D eigenvalue weighted by Gasteiger charge is -2.36. The molecule has 1 atom stereocenters. The predicted molar refractivity (Wildman–Crippen MR) is 88.1 cm³/mol. The number of anilines is 2. The van der Waals surface area contributed by atoms with Crippen LogP contribution in [0, 0.1) is 11.8 Å². The molecular formula is C17H27N3O. The lowest BCUT2D eigenvalue weighted by atomic mass is 9.86. The van der Waals surface area contributed by atoms with Gasteiger partial charge in [0.15, 0.2) is 0 Å². The fourth-order valence-corrected chi connectivity index (χ4v) is 2.99. The zero-order valence-electron chi connectivity index (χ0n) is 13.3. The molecule has 1 aliphatic heterocycles. The van der Waals surface area contributed by atoms with E-state index in [1.54, 1.807) is 6.07 Å². The van der Waals surface area contributed by atoms with Gasteiger partial charge in [0.2, 0.25) is 5.91 Å². The summed E-state index contributed by atoms with van der Waals surface area (Å²) in [5.74, 6) is 1.55. The molecule has 1 fully saturated rings. The van der Waals surface area contributed by atoms with Crippen LogP contribution in [0.2, 0.25) is 0 Å². The van der Waals surface area contributed by atoms with Gasteiger partial charge in [0.05, 0.1) is 17.4 Å². The Labute approximate surface area is 127 Å². The van der Waals surface area contributed by atoms with E-state index in [1.807, 2.05) is 25.1 Å². The first kappa shape index (κ1) is 15.8. The first-order valence-electron chi connectivity index (χ1n) is 7.88. The second kappa shape index (κ2) is 6.94. The first-order valence-corrected chi connectivity index (χ1v) is 7.88. The fourth-order valence-electron chi connectivity index (χ4n) is 2.99. The van der Waals surface area contributed by atoms with E-state index in [0.29, 0.717) is 11.4 Å². The summed E-state index contributed by atoms with van der Waals surface area (Å²) in [5, 5.41) is 2.94. The van der Waals surface area contributed by atoms with E-state index >= 15 is 0 Å². The van der Waals surface area contributed by atoms with Crippen molar-refractivity contribution in [2.75, 3.05) is 24.1 Å². The highest BCUT2D eigenvalue weighted by atomic mass is 16.2. The number of likely N-dealkylation sites (tertiary alicyclic amines) is 1. The average molecular weight is 289 g/mol. The lowest BCUT2D eigenvalue weighted by molar-refractivity contribution is -0.121. The highest BCUT2D eigenvalue weighted by molar-refractivity contribution is 5.97. The van der Waals surface area contributed by atoms with Crippen molar-refractivity contribution >= 4 is 17.3 Å². The third kappa shape index (κ3) is 3.97. The molecule has 116 valence electrons. The number of para-hydroxylation sites is 2. The number of nitrogens with one attached hydrogen (secondary N) is 1. The quantitative estimate of drug-likeness (QED) is 0.838. The number of carbonyl (C=O) groups excluding carboxylic acids is 1. The molecule has 4 nitrogen and oxygen atoms in total. The Bertz CT molecular complexity index is 479. The van der Waals surface area contributed by atoms with Gasteiger partial charge >= 0.3 is 0 Å². The topological polar surface area (TPSA) is 58.4 Å². The summed E-state index contributed by atoms with van der Waals surface area (Å²) < 4.78 is 0. The Hall–Kier alpha value is -1.55. The molecule has 1 amide bonds. The molecule has 0 saturated carbocycles. The molecule has 21 heavy (non-hydrogen) atoms. The molecule has 1 saturated heterocycles. The smallest absolute Gasteiger partial charge is 0.241 e. The van der Waals surface area contributed by atoms with Gasteiger partial charge in [0.1, 0.15) is 0 Å². The molecule has 1 unspecified atom stereocenters. The van der Waals surface area contributed by atoms with Crippen LogP contribution in [-0.4, -0.2) is 29.9 Å². The number of rotatable bonds is 4. The van der Waals surface area contributed by atoms with Crippen LogP contribution in [0.5, 0.6) is 0 Å². The van der Waals surface area contributed by atoms with Crippen LogP contribution >= 0.6 is 0 Å². The van der Waals surface area contributed by atoms with Crippen LogP contribution in [0.3, 0.4) is 0 Å². The molecule has 4 heteroatoms. The van der Waals surface area contributed by atoms with Crippen LogP contribution in [0.4, 0.5) is 11.4 Å². The molecule has 0 spiro atoms. The van der Waals surface area contributed by atoms with Gasteiger partial charge in [-0.15, -0.1) is 0 Å². The number of amides is 1. The minimum Gasteiger partial charge on any atom is -0.397 e. The number of nitrogen functional groups attached to an aromatic ring is 1. The minimum atomic E-state index is -0.113. The Kier molecular flexibility index (Phi) is 5.23. The van der Waals surface area contributed by atoms with E-state index in [4.69, 9.17) is 5.73 Å². The van der Waals surface area contributed by atoms with E-state index in [1.165, 1.54) is 12.8 Å². The standard InChI is InChI=1S/C17H27N3O/c1-12(2)14-8-10-20(11-9-14)13(3)17(21)19-16-7-5-4-6-15(16)18/h4-7,12-14H,8-11,18H2,1-3H3,(H,19,21). The molecule has 2 rings (SSSR count). The summed E-state index contributed by atoms with van der Waals surface area (Å²) in [5.41, 5.74) is 7.18. The zero-order valence-corrected chi connectivity index (χ0v) is 13.3. The molecule has 1 aliphatic rings. The van der Waals surface area contributed by atoms with Crippen molar-refractivity contribution in [2.45, 2.75) is 39.7 Å². The lowest BCUT2D eigenvalue weighted by Crippen LogP contribution is -2.46. The SMILES string of the molecule is CC(C)C1CCN(C(C)C(=O)Nc2ccccc2N)CC1. The van der Waals surface area contributed by atoms with Crippen molar-refractivity contribution < 1.29 is 4.79 Å². The van der Waals surface area contributed by atoms with Crippen molar-refractivity contribution in [1.29, 1.82) is 0 Å². The van der Waals surface area contributed by atoms with Gasteiger partial charge in [-0.1, -0.05) is 26.0 Å². The van der Waals surface area contributed by atoms with Crippen LogP contribution in [-0.2, 0) is 4.79 Å². The predicted octanol–water partition coefficient (Wildman–Crippen LogP) is 2.96. The van der Waals surface area contributed by atoms with Gasteiger partial charge < -0.3 is 11.1 Å². The Morgan fingerprint density at radius 3 is 2.43 bits per heavy atom. The number of piperidine rings is 1. The maximum absolute atomic E-state index is 12.4. The molecule has 1 aromatic carbocycles. The van der Waals surface area contributed by atoms with Crippen LogP contribution < -0.4 is 11.1 Å². The Morgan fingerprint density at radius 1 is 1.24 bits per heavy atom. The van der Waals surface area contributed by atoms with Gasteiger partial charge in [-0.2, -0.15) is 0 Å². The van der Waals surface area contributed by atoms with Crippen LogP contribution in [0.25, 0.3) is 0 Å². The van der Waals surface area contributed by atoms with Gasteiger partial charge in [-0.3, -0.25) is 9.69 Å². The van der Waals surface area contributed by atoms with Crippen molar-refractivity contribution in [3.63, 3.8) is 0 Å². The monoisotopic (exact) mass is 289 g/mol. The molecule has 0 bridgehead atoms. The van der Waals surface area contributed by atoms with Crippen molar-refractivity contribution in [3.8, 4) is 0 Å². The van der Waals surface area contributed by atoms with Crippen molar-refractivity contribution in [2.24, 2.45) is 11.8 Å². The number of hydrogen-bond donors (Lipinski definition) is 2. The van der Waals surface area contributed by atoms with Gasteiger partial charge in [-0.25, -0.2) is 0 Å². The first-order chi connectivity index (χ1) is 9.99. The van der Waals surface area contributed by atoms with Crippen molar-refractivity contribution in [3.05, 3.63) is 24.3 Å². The molecule has 0 aliphatic carbocycles. The summed E-state index contributed by atoms with van der Waals surface area (Å²) in [6.07, 6.45) is 2.37. The van der Waals surface area contributed by atoms with Gasteiger partial charge in [0.25, 0.3) is 0 Å². The zero-order chi connectivity index (χ0) is 15.4. The Balaban J connectivity index is 1.90. The third-order valence-corrected chi connectivity index (χ3v) is 4.66. The molecule has 1 aromatic rings. The number of carbonyl (C=O) groups is 1. The third-order valence-electron chi connectivity index (χ3n) is 4.66. The second-order valence-corrected chi connectivity index (χ2v) is 6.37. The summed E-state index contributed by atoms with van der Waals surface area (Å²) in [6.45, 7) is 8.55. The second-order valence-electron chi connectivity index (χ2n) is 6.37. The highest BCUT2D eigenvalue weighted by Gasteiger charge is 2.27. The number of hydrogen-bond acceptors (Lipinski definition) is 3. The molecule has 3 N–H and O–H groups in total. The maximum Gasteiger partial charge on any atom is 0.241 e. The minimum absolute atomic E-state index is 0.0240. The van der Waals surface area contributed by atoms with Crippen LogP contribution in [0.15, 0.2) is 24.3 Å². The summed E-state index contributed by atoms with van der Waals surface area (Å²) in [7, 11) is 0. The van der Waals surface area contributed by atoms with E-state index in [-0.39, 0.29) is 11.9 Å². The summed E-state index contributed by atoms with van der Waals surface area (Å²) in [4.78, 5) is 14.6. The largest absolute Gasteiger partial charge is 0.397 e. The molecule has 1 heterocycles. The normalized spacial score (nSPS) is 18.7. The number of benzene rings is 1. The van der Waals surface area contributed by atoms with E-state index < -0.39 is 0 Å². The van der Waals surface area contributed by atoms with Crippen LogP contribution in [0.1, 0.15) is 33.6 Å². The molecule has 0 radical (unpaired) electrons. The molecule has 0 aromatic heterocycles. The van der Waals surface area contributed by atoms with E-state index in [2.05, 4.69) is 24.1 Å². The van der Waals surface area contributed by atoms with E-state index in [9.17, 15) is 4.79 Å². The van der Waals surface area contributed by atoms with Gasteiger partial charge in [-0.05, 0) is 56.8 Å². The Morgan fingerprint density at radius 2 is 1.86 bits per heavy atom. The summed E-state index contributed by atoms with van der Waals surface area (Å²) >= 11 is 0. The van der Waals surface area contributed by atoms with E-state index in [0.717, 1.165) is 24.9 Å². The summed E-state index contributed by atoms with van der Waals surface area (Å²) in [6, 6.07) is 7.27. The number of nitrogens with zero attached hydrogens (tertiary/aromatic N) is 1.